The van der Waals surface area contributed by atoms with Crippen molar-refractivity contribution in [3.63, 3.8) is 0 Å². The molecular formula is C16H12Cl2FN3O2. The molecule has 2 amide bonds. The molecule has 1 aliphatic carbocycles. The summed E-state index contributed by atoms with van der Waals surface area (Å²) in [7, 11) is 0. The summed E-state index contributed by atoms with van der Waals surface area (Å²) in [5.41, 5.74) is 0.563. The Morgan fingerprint density at radius 2 is 1.92 bits per heavy atom. The van der Waals surface area contributed by atoms with Gasteiger partial charge in [0, 0.05) is 17.8 Å². The van der Waals surface area contributed by atoms with Crippen LogP contribution in [0.1, 0.15) is 23.2 Å². The van der Waals surface area contributed by atoms with Gasteiger partial charge in [0.25, 0.3) is 5.91 Å². The van der Waals surface area contributed by atoms with Crippen molar-refractivity contribution < 1.29 is 14.0 Å². The lowest BCUT2D eigenvalue weighted by Gasteiger charge is -2.10. The third-order valence-electron chi connectivity index (χ3n) is 3.49. The van der Waals surface area contributed by atoms with Crippen molar-refractivity contribution in [3.8, 4) is 0 Å². The second kappa shape index (κ2) is 6.75. The number of rotatable bonds is 4. The lowest BCUT2D eigenvalue weighted by atomic mass is 10.2. The Hall–Kier alpha value is -2.18. The Morgan fingerprint density at radius 3 is 2.58 bits per heavy atom. The molecule has 2 N–H and O–H groups in total. The molecule has 1 fully saturated rings. The molecule has 0 bridgehead atoms. The first kappa shape index (κ1) is 16.7. The highest BCUT2D eigenvalue weighted by Gasteiger charge is 2.30. The van der Waals surface area contributed by atoms with E-state index in [-0.39, 0.29) is 33.3 Å². The van der Waals surface area contributed by atoms with Gasteiger partial charge in [-0.25, -0.2) is 9.37 Å². The zero-order valence-corrected chi connectivity index (χ0v) is 13.8. The second-order valence-electron chi connectivity index (χ2n) is 5.41. The number of aromatic nitrogens is 1. The van der Waals surface area contributed by atoms with Gasteiger partial charge in [-0.15, -0.1) is 0 Å². The Morgan fingerprint density at radius 1 is 1.17 bits per heavy atom. The molecule has 8 heteroatoms. The number of halogens is 3. The third kappa shape index (κ3) is 3.83. The van der Waals surface area contributed by atoms with Crippen molar-refractivity contribution >= 4 is 46.4 Å². The maximum absolute atomic E-state index is 13.8. The summed E-state index contributed by atoms with van der Waals surface area (Å²) in [6, 6.07) is 5.31. The molecule has 24 heavy (non-hydrogen) atoms. The van der Waals surface area contributed by atoms with Crippen molar-refractivity contribution in [2.75, 3.05) is 10.6 Å². The van der Waals surface area contributed by atoms with E-state index in [2.05, 4.69) is 15.6 Å². The van der Waals surface area contributed by atoms with Crippen LogP contribution in [0.15, 0.2) is 30.5 Å². The summed E-state index contributed by atoms with van der Waals surface area (Å²) < 4.78 is 13.8. The number of amides is 2. The molecule has 5 nitrogen and oxygen atoms in total. The van der Waals surface area contributed by atoms with E-state index in [0.717, 1.165) is 12.8 Å². The van der Waals surface area contributed by atoms with Crippen LogP contribution in [0.2, 0.25) is 10.2 Å². The fourth-order valence-corrected chi connectivity index (χ4v) is 2.30. The van der Waals surface area contributed by atoms with Crippen LogP contribution < -0.4 is 10.6 Å². The van der Waals surface area contributed by atoms with Gasteiger partial charge in [0.2, 0.25) is 5.91 Å². The normalized spacial score (nSPS) is 13.5. The highest BCUT2D eigenvalue weighted by molar-refractivity contribution is 6.41. The Balaban J connectivity index is 1.75. The quantitative estimate of drug-likeness (QED) is 0.798. The molecular weight excluding hydrogens is 356 g/mol. The molecule has 1 heterocycles. The van der Waals surface area contributed by atoms with Crippen molar-refractivity contribution in [3.05, 3.63) is 52.0 Å². The molecule has 1 aromatic heterocycles. The van der Waals surface area contributed by atoms with E-state index in [1.54, 1.807) is 0 Å². The monoisotopic (exact) mass is 367 g/mol. The first-order chi connectivity index (χ1) is 11.4. The van der Waals surface area contributed by atoms with Gasteiger partial charge in [-0.3, -0.25) is 9.59 Å². The van der Waals surface area contributed by atoms with Crippen molar-refractivity contribution in [1.82, 2.24) is 4.98 Å². The first-order valence-electron chi connectivity index (χ1n) is 7.17. The summed E-state index contributed by atoms with van der Waals surface area (Å²) in [6.07, 6.45) is 2.91. The van der Waals surface area contributed by atoms with E-state index < -0.39 is 11.7 Å². The molecule has 2 aromatic rings. The molecule has 3 rings (SSSR count). The van der Waals surface area contributed by atoms with Gasteiger partial charge in [0.1, 0.15) is 11.0 Å². The van der Waals surface area contributed by atoms with Crippen LogP contribution in [0.3, 0.4) is 0 Å². The number of benzene rings is 1. The van der Waals surface area contributed by atoms with Crippen LogP contribution >= 0.6 is 23.2 Å². The van der Waals surface area contributed by atoms with Gasteiger partial charge < -0.3 is 10.6 Å². The predicted molar refractivity (Wildman–Crippen MR) is 90.0 cm³/mol. The maximum Gasteiger partial charge on any atom is 0.257 e. The number of carbonyl (C=O) groups excluding carboxylic acids is 2. The highest BCUT2D eigenvalue weighted by Crippen LogP contribution is 2.31. The Kier molecular flexibility index (Phi) is 4.69. The smallest absolute Gasteiger partial charge is 0.257 e. The van der Waals surface area contributed by atoms with E-state index in [1.807, 2.05) is 0 Å². The number of hydrogen-bond donors (Lipinski definition) is 2. The molecule has 1 aliphatic rings. The zero-order valence-electron chi connectivity index (χ0n) is 12.3. The number of nitrogens with one attached hydrogen (secondary N) is 2. The van der Waals surface area contributed by atoms with Gasteiger partial charge in [-0.2, -0.15) is 0 Å². The summed E-state index contributed by atoms with van der Waals surface area (Å²) >= 11 is 11.5. The molecule has 1 saturated carbocycles. The Bertz CT molecular complexity index is 825. The van der Waals surface area contributed by atoms with Crippen LogP contribution in [-0.2, 0) is 4.79 Å². The second-order valence-corrected chi connectivity index (χ2v) is 6.17. The predicted octanol–water partition coefficient (Wildman–Crippen LogP) is 4.13. The minimum atomic E-state index is -0.571. The lowest BCUT2D eigenvalue weighted by molar-refractivity contribution is -0.117. The van der Waals surface area contributed by atoms with Crippen molar-refractivity contribution in [2.45, 2.75) is 12.8 Å². The number of pyridine rings is 1. The first-order valence-corrected chi connectivity index (χ1v) is 7.92. The summed E-state index contributed by atoms with van der Waals surface area (Å²) in [5, 5.41) is 5.37. The lowest BCUT2D eigenvalue weighted by Crippen LogP contribution is -2.16. The summed E-state index contributed by atoms with van der Waals surface area (Å²) in [4.78, 5) is 27.7. The number of carbonyl (C=O) groups is 2. The third-order valence-corrected chi connectivity index (χ3v) is 4.17. The fourth-order valence-electron chi connectivity index (χ4n) is 2.03. The standard InChI is InChI=1S/C16H12Cl2FN3O2/c17-11-5-9(7-20-14(11)18)16(24)21-10-3-4-12(19)13(6-10)22-15(23)8-1-2-8/h3-8H,1-2H2,(H,21,24)(H,22,23). The van der Waals surface area contributed by atoms with Crippen molar-refractivity contribution in [2.24, 2.45) is 5.92 Å². The molecule has 0 atom stereocenters. The van der Waals surface area contributed by atoms with Crippen LogP contribution in [0.5, 0.6) is 0 Å². The molecule has 0 spiro atoms. The van der Waals surface area contributed by atoms with Gasteiger partial charge in [-0.1, -0.05) is 23.2 Å². The van der Waals surface area contributed by atoms with Crippen molar-refractivity contribution in [1.29, 1.82) is 0 Å². The van der Waals surface area contributed by atoms with Crippen LogP contribution in [0, 0.1) is 11.7 Å². The molecule has 0 radical (unpaired) electrons. The van der Waals surface area contributed by atoms with Gasteiger partial charge >= 0.3 is 0 Å². The van der Waals surface area contributed by atoms with Gasteiger partial charge in [0.15, 0.2) is 0 Å². The minimum Gasteiger partial charge on any atom is -0.323 e. The maximum atomic E-state index is 13.8. The molecule has 0 unspecified atom stereocenters. The highest BCUT2D eigenvalue weighted by atomic mass is 35.5. The van der Waals surface area contributed by atoms with Crippen LogP contribution in [0.25, 0.3) is 0 Å². The fraction of sp³-hybridized carbons (Fsp3) is 0.188. The average molecular weight is 368 g/mol. The van der Waals surface area contributed by atoms with Crippen LogP contribution in [0.4, 0.5) is 15.8 Å². The van der Waals surface area contributed by atoms with Gasteiger partial charge in [0.05, 0.1) is 16.3 Å². The van der Waals surface area contributed by atoms with E-state index >= 15 is 0 Å². The Labute approximate surface area is 147 Å². The van der Waals surface area contributed by atoms with E-state index in [1.165, 1.54) is 30.5 Å². The van der Waals surface area contributed by atoms with Gasteiger partial charge in [-0.05, 0) is 37.1 Å². The molecule has 0 saturated heterocycles. The number of hydrogen-bond acceptors (Lipinski definition) is 3. The molecule has 124 valence electrons. The average Bonchev–Trinajstić information content (AvgIpc) is 3.38. The molecule has 0 aliphatic heterocycles. The minimum absolute atomic E-state index is 0.0250. The van der Waals surface area contributed by atoms with E-state index in [4.69, 9.17) is 23.2 Å². The number of anilines is 2. The van der Waals surface area contributed by atoms with Crippen LogP contribution in [-0.4, -0.2) is 16.8 Å². The topological polar surface area (TPSA) is 71.1 Å². The SMILES string of the molecule is O=C(Nc1ccc(F)c(NC(=O)C2CC2)c1)c1cnc(Cl)c(Cl)c1. The zero-order chi connectivity index (χ0) is 17.3. The van der Waals surface area contributed by atoms with E-state index in [0.29, 0.717) is 5.69 Å². The molecule has 1 aromatic carbocycles. The summed E-state index contributed by atoms with van der Waals surface area (Å²) in [5.74, 6) is -1.32. The van der Waals surface area contributed by atoms with E-state index in [9.17, 15) is 14.0 Å². The largest absolute Gasteiger partial charge is 0.323 e. The number of nitrogens with zero attached hydrogens (tertiary/aromatic N) is 1. The summed E-state index contributed by atoms with van der Waals surface area (Å²) in [6.45, 7) is 0.